The molecule has 0 unspecified atom stereocenters. The summed E-state index contributed by atoms with van der Waals surface area (Å²) >= 11 is 1.84. The maximum atomic E-state index is 5.27. The fraction of sp³-hybridized carbons (Fsp3) is 0. The molecular weight excluding hydrogens is 603 g/mol. The summed E-state index contributed by atoms with van der Waals surface area (Å²) in [4.78, 5) is 10.5. The number of para-hydroxylation sites is 1. The van der Waals surface area contributed by atoms with Crippen LogP contribution < -0.4 is 0 Å². The molecule has 222 valence electrons. The van der Waals surface area contributed by atoms with Crippen LogP contribution in [0.3, 0.4) is 0 Å². The number of benzene rings is 7. The highest BCUT2D eigenvalue weighted by Gasteiger charge is 2.19. The zero-order valence-electron chi connectivity index (χ0n) is 25.7. The van der Waals surface area contributed by atoms with E-state index in [1.807, 2.05) is 17.4 Å². The topological polar surface area (TPSA) is 30.2 Å². The largest absolute Gasteiger partial charge is 0.308 e. The first-order chi connectivity index (χ1) is 23.8. The number of hydrogen-bond donors (Lipinski definition) is 0. The number of thiophene rings is 1. The molecule has 0 amide bonds. The lowest BCUT2D eigenvalue weighted by atomic mass is 9.98. The second-order valence-electron chi connectivity index (χ2n) is 12.6. The Hall–Kier alpha value is -6.10. The van der Waals surface area contributed by atoms with Crippen LogP contribution in [0.15, 0.2) is 152 Å². The van der Waals surface area contributed by atoms with Crippen molar-refractivity contribution in [3.8, 4) is 33.9 Å². The van der Waals surface area contributed by atoms with Gasteiger partial charge in [-0.2, -0.15) is 0 Å². The Balaban J connectivity index is 1.18. The quantitative estimate of drug-likeness (QED) is 0.144. The number of rotatable bonds is 3. The lowest BCUT2D eigenvalue weighted by Crippen LogP contribution is -1.96. The Morgan fingerprint density at radius 3 is 2.04 bits per heavy atom. The molecule has 0 N–H and O–H groups in total. The van der Waals surface area contributed by atoms with Crippen molar-refractivity contribution in [2.75, 3.05) is 0 Å². The second kappa shape index (κ2) is 9.71. The molecule has 0 aliphatic heterocycles. The summed E-state index contributed by atoms with van der Waals surface area (Å²) in [6.45, 7) is 0. The molecule has 0 fully saturated rings. The van der Waals surface area contributed by atoms with Crippen molar-refractivity contribution < 1.29 is 0 Å². The van der Waals surface area contributed by atoms with E-state index < -0.39 is 0 Å². The van der Waals surface area contributed by atoms with Crippen LogP contribution >= 0.6 is 11.3 Å². The van der Waals surface area contributed by atoms with Gasteiger partial charge in [0.2, 0.25) is 0 Å². The molecular formula is C44H25N3S. The van der Waals surface area contributed by atoms with Gasteiger partial charge in [-0.05, 0) is 59.3 Å². The first-order valence-corrected chi connectivity index (χ1v) is 17.1. The fourth-order valence-electron chi connectivity index (χ4n) is 7.75. The number of fused-ring (bicyclic) bond motifs is 9. The molecule has 0 atom stereocenters. The van der Waals surface area contributed by atoms with Crippen molar-refractivity contribution in [1.82, 2.24) is 14.4 Å². The Labute approximate surface area is 279 Å². The second-order valence-corrected chi connectivity index (χ2v) is 13.7. The highest BCUT2D eigenvalue weighted by Crippen LogP contribution is 2.42. The predicted molar refractivity (Wildman–Crippen MR) is 203 cm³/mol. The van der Waals surface area contributed by atoms with E-state index in [-0.39, 0.29) is 0 Å². The van der Waals surface area contributed by atoms with Crippen molar-refractivity contribution in [1.29, 1.82) is 0 Å². The van der Waals surface area contributed by atoms with Gasteiger partial charge in [-0.3, -0.25) is 0 Å². The summed E-state index contributed by atoms with van der Waals surface area (Å²) in [5, 5.41) is 10.1. The van der Waals surface area contributed by atoms with Crippen molar-refractivity contribution >= 4 is 80.4 Å². The van der Waals surface area contributed by atoms with E-state index >= 15 is 0 Å². The summed E-state index contributed by atoms with van der Waals surface area (Å²) in [6.07, 6.45) is 0. The Morgan fingerprint density at radius 2 is 1.12 bits per heavy atom. The van der Waals surface area contributed by atoms with Gasteiger partial charge in [0.15, 0.2) is 5.82 Å². The summed E-state index contributed by atoms with van der Waals surface area (Å²) in [6, 6.07) is 54.6. The highest BCUT2D eigenvalue weighted by molar-refractivity contribution is 7.25. The summed E-state index contributed by atoms with van der Waals surface area (Å²) < 4.78 is 5.04. The number of hydrogen-bond acceptors (Lipinski definition) is 3. The molecule has 0 aliphatic rings. The molecule has 11 rings (SSSR count). The summed E-state index contributed by atoms with van der Waals surface area (Å²) in [7, 11) is 0. The average Bonchev–Trinajstić information content (AvgIpc) is 3.70. The number of pyridine rings is 1. The van der Waals surface area contributed by atoms with Crippen LogP contribution in [-0.2, 0) is 0 Å². The molecule has 4 aromatic heterocycles. The van der Waals surface area contributed by atoms with E-state index in [0.717, 1.165) is 33.9 Å². The predicted octanol–water partition coefficient (Wildman–Crippen LogP) is 12.1. The van der Waals surface area contributed by atoms with Crippen LogP contribution in [0.2, 0.25) is 0 Å². The first-order valence-electron chi connectivity index (χ1n) is 16.2. The van der Waals surface area contributed by atoms with Gasteiger partial charge in [-0.1, -0.05) is 103 Å². The number of aromatic nitrogens is 3. The third kappa shape index (κ3) is 3.63. The minimum absolute atomic E-state index is 0.723. The van der Waals surface area contributed by atoms with Gasteiger partial charge in [-0.15, -0.1) is 11.3 Å². The first kappa shape index (κ1) is 26.0. The molecule has 0 saturated carbocycles. The molecule has 0 saturated heterocycles. The third-order valence-corrected chi connectivity index (χ3v) is 11.1. The maximum Gasteiger partial charge on any atom is 0.160 e. The smallest absolute Gasteiger partial charge is 0.160 e. The molecule has 48 heavy (non-hydrogen) atoms. The van der Waals surface area contributed by atoms with Crippen LogP contribution in [0.1, 0.15) is 0 Å². The minimum atomic E-state index is 0.723. The Morgan fingerprint density at radius 1 is 0.417 bits per heavy atom. The molecule has 3 nitrogen and oxygen atoms in total. The molecule has 0 bridgehead atoms. The van der Waals surface area contributed by atoms with Gasteiger partial charge in [0.25, 0.3) is 0 Å². The molecule has 0 aliphatic carbocycles. The van der Waals surface area contributed by atoms with Crippen LogP contribution in [0.5, 0.6) is 0 Å². The molecule has 4 heteroatoms. The highest BCUT2D eigenvalue weighted by atomic mass is 32.1. The van der Waals surface area contributed by atoms with E-state index in [9.17, 15) is 0 Å². The monoisotopic (exact) mass is 627 g/mol. The van der Waals surface area contributed by atoms with Crippen LogP contribution in [0.4, 0.5) is 0 Å². The van der Waals surface area contributed by atoms with Crippen LogP contribution in [-0.4, -0.2) is 14.4 Å². The van der Waals surface area contributed by atoms with E-state index in [1.165, 1.54) is 69.0 Å². The van der Waals surface area contributed by atoms with E-state index in [4.69, 9.17) is 9.97 Å². The zero-order chi connectivity index (χ0) is 31.3. The SMILES string of the molecule is c1ccc(-c2cc(-c3ccc4sc5ccccc5c4c3)nc(-c3ccc4c(c3)c3ccc5cccc6c7ccccc7n4c3c56)n2)cc1. The normalized spacial score (nSPS) is 12.2. The molecule has 0 radical (unpaired) electrons. The van der Waals surface area contributed by atoms with Crippen LogP contribution in [0.25, 0.3) is 103 Å². The van der Waals surface area contributed by atoms with Crippen molar-refractivity contribution in [3.05, 3.63) is 152 Å². The van der Waals surface area contributed by atoms with Gasteiger partial charge in [0.1, 0.15) is 0 Å². The Bertz CT molecular complexity index is 3050. The van der Waals surface area contributed by atoms with Crippen molar-refractivity contribution in [2.24, 2.45) is 0 Å². The average molecular weight is 628 g/mol. The van der Waals surface area contributed by atoms with Crippen LogP contribution in [0, 0.1) is 0 Å². The standard InChI is InChI=1S/C44H25N3S/c1-2-9-26(10-3-1)36-25-37(28-19-22-41-35(23-28)31-13-5-7-16-40(31)48-41)46-44(45-36)29-18-21-39-34(24-29)33-20-17-27-11-8-14-32-30-12-4-6-15-38(30)47(39)43(33)42(27)32/h1-25H. The molecule has 4 heterocycles. The van der Waals surface area contributed by atoms with Crippen molar-refractivity contribution in [2.45, 2.75) is 0 Å². The summed E-state index contributed by atoms with van der Waals surface area (Å²) in [5.41, 5.74) is 8.68. The Kier molecular flexibility index (Phi) is 5.26. The fourth-order valence-corrected chi connectivity index (χ4v) is 8.84. The molecule has 11 aromatic rings. The number of nitrogens with zero attached hydrogens (tertiary/aromatic N) is 3. The lowest BCUT2D eigenvalue weighted by molar-refractivity contribution is 1.18. The zero-order valence-corrected chi connectivity index (χ0v) is 26.5. The van der Waals surface area contributed by atoms with Gasteiger partial charge >= 0.3 is 0 Å². The summed E-state index contributed by atoms with van der Waals surface area (Å²) in [5.74, 6) is 0.723. The molecule has 0 spiro atoms. The van der Waals surface area contributed by atoms with E-state index in [0.29, 0.717) is 0 Å². The van der Waals surface area contributed by atoms with Crippen molar-refractivity contribution in [3.63, 3.8) is 0 Å². The van der Waals surface area contributed by atoms with Gasteiger partial charge in [0.05, 0.1) is 27.9 Å². The van der Waals surface area contributed by atoms with Gasteiger partial charge < -0.3 is 4.40 Å². The lowest BCUT2D eigenvalue weighted by Gasteiger charge is -2.12. The third-order valence-electron chi connectivity index (χ3n) is 9.93. The van der Waals surface area contributed by atoms with E-state index in [1.54, 1.807) is 0 Å². The van der Waals surface area contributed by atoms with Gasteiger partial charge in [-0.25, -0.2) is 9.97 Å². The van der Waals surface area contributed by atoms with Gasteiger partial charge in [0, 0.05) is 58.4 Å². The van der Waals surface area contributed by atoms with E-state index in [2.05, 4.69) is 150 Å². The molecule has 7 aromatic carbocycles. The maximum absolute atomic E-state index is 5.27. The minimum Gasteiger partial charge on any atom is -0.308 e.